The van der Waals surface area contributed by atoms with Gasteiger partial charge in [0.15, 0.2) is 0 Å². The zero-order valence-corrected chi connectivity index (χ0v) is 16.0. The van der Waals surface area contributed by atoms with E-state index in [0.29, 0.717) is 5.69 Å². The second-order valence-electron chi connectivity index (χ2n) is 7.87. The predicted molar refractivity (Wildman–Crippen MR) is 105 cm³/mol. The summed E-state index contributed by atoms with van der Waals surface area (Å²) in [5.74, 6) is 0.629. The van der Waals surface area contributed by atoms with E-state index in [0.717, 1.165) is 28.1 Å². The van der Waals surface area contributed by atoms with Gasteiger partial charge in [0.25, 0.3) is 5.91 Å². The number of benzene rings is 2. The van der Waals surface area contributed by atoms with E-state index < -0.39 is 0 Å². The molecule has 1 aliphatic rings. The number of rotatable bonds is 3. The number of carbonyl (C=O) groups excluding carboxylic acids is 1. The number of aromatic nitrogens is 2. The lowest BCUT2D eigenvalue weighted by Gasteiger charge is -2.20. The van der Waals surface area contributed by atoms with Crippen molar-refractivity contribution in [2.75, 3.05) is 7.11 Å². The quantitative estimate of drug-likeness (QED) is 0.734. The minimum atomic E-state index is -0.221. The van der Waals surface area contributed by atoms with Crippen LogP contribution in [0.25, 0.3) is 11.3 Å². The summed E-state index contributed by atoms with van der Waals surface area (Å²) in [7, 11) is 1.64. The predicted octanol–water partition coefficient (Wildman–Crippen LogP) is 4.22. The van der Waals surface area contributed by atoms with Gasteiger partial charge in [-0.1, -0.05) is 57.2 Å². The third kappa shape index (κ3) is 2.99. The molecule has 2 N–H and O–H groups in total. The maximum Gasteiger partial charge on any atom is 0.270 e. The van der Waals surface area contributed by atoms with Crippen LogP contribution in [-0.2, 0) is 5.41 Å². The molecule has 138 valence electrons. The highest BCUT2D eigenvalue weighted by Crippen LogP contribution is 2.38. The van der Waals surface area contributed by atoms with Gasteiger partial charge >= 0.3 is 0 Å². The first-order chi connectivity index (χ1) is 12.9. The van der Waals surface area contributed by atoms with Gasteiger partial charge in [-0.05, 0) is 28.7 Å². The Bertz CT molecular complexity index is 997. The molecule has 27 heavy (non-hydrogen) atoms. The van der Waals surface area contributed by atoms with Gasteiger partial charge < -0.3 is 10.1 Å². The number of fused-ring (bicyclic) bond motifs is 1. The van der Waals surface area contributed by atoms with Crippen molar-refractivity contribution in [1.29, 1.82) is 0 Å². The summed E-state index contributed by atoms with van der Waals surface area (Å²) in [5, 5.41) is 10.4. The van der Waals surface area contributed by atoms with Crippen LogP contribution in [0, 0.1) is 0 Å². The fraction of sp³-hybridized carbons (Fsp3) is 0.273. The molecule has 1 unspecified atom stereocenters. The Kier molecular flexibility index (Phi) is 4.02. The molecule has 1 amide bonds. The van der Waals surface area contributed by atoms with Gasteiger partial charge in [0.2, 0.25) is 0 Å². The molecular weight excluding hydrogens is 338 g/mol. The Hall–Kier alpha value is -3.08. The number of hydrogen-bond donors (Lipinski definition) is 2. The maximum absolute atomic E-state index is 12.4. The molecule has 5 nitrogen and oxygen atoms in total. The van der Waals surface area contributed by atoms with Crippen LogP contribution < -0.4 is 10.1 Å². The lowest BCUT2D eigenvalue weighted by molar-refractivity contribution is 0.0955. The van der Waals surface area contributed by atoms with Crippen LogP contribution in [0.5, 0.6) is 5.75 Å². The van der Waals surface area contributed by atoms with Gasteiger partial charge in [-0.25, -0.2) is 0 Å². The molecule has 0 aliphatic carbocycles. The highest BCUT2D eigenvalue weighted by atomic mass is 16.5. The molecule has 0 saturated carbocycles. The molecule has 5 heteroatoms. The molecule has 2 aromatic carbocycles. The summed E-state index contributed by atoms with van der Waals surface area (Å²) >= 11 is 0. The fourth-order valence-corrected chi connectivity index (χ4v) is 3.50. The van der Waals surface area contributed by atoms with Crippen molar-refractivity contribution in [2.24, 2.45) is 0 Å². The first-order valence-electron chi connectivity index (χ1n) is 9.02. The van der Waals surface area contributed by atoms with Crippen molar-refractivity contribution in [2.45, 2.75) is 32.2 Å². The van der Waals surface area contributed by atoms with Crippen LogP contribution in [0.15, 0.2) is 48.5 Å². The van der Waals surface area contributed by atoms with E-state index in [-0.39, 0.29) is 17.4 Å². The normalized spacial score (nSPS) is 16.1. The molecule has 0 saturated heterocycles. The van der Waals surface area contributed by atoms with Gasteiger partial charge in [0.05, 0.1) is 18.8 Å². The van der Waals surface area contributed by atoms with Gasteiger partial charge in [-0.2, -0.15) is 5.10 Å². The van der Waals surface area contributed by atoms with Gasteiger partial charge in [-0.15, -0.1) is 0 Å². The number of aromatic amines is 1. The molecule has 3 aromatic rings. The lowest BCUT2D eigenvalue weighted by Crippen LogP contribution is -2.21. The van der Waals surface area contributed by atoms with E-state index in [4.69, 9.17) is 4.74 Å². The molecule has 1 atom stereocenters. The Morgan fingerprint density at radius 2 is 1.81 bits per heavy atom. The fourth-order valence-electron chi connectivity index (χ4n) is 3.50. The summed E-state index contributed by atoms with van der Waals surface area (Å²) in [6, 6.07) is 15.9. The SMILES string of the molecule is COc1cccc(-c2n[nH]c3c2C(c2ccc(C(C)(C)C)cc2)NC3=O)c1. The zero-order valence-electron chi connectivity index (χ0n) is 16.0. The summed E-state index contributed by atoms with van der Waals surface area (Å²) in [5.41, 5.74) is 5.49. The molecule has 2 heterocycles. The molecule has 0 bridgehead atoms. The number of amides is 1. The van der Waals surface area contributed by atoms with E-state index in [1.165, 1.54) is 5.56 Å². The molecular formula is C22H23N3O2. The largest absolute Gasteiger partial charge is 0.497 e. The van der Waals surface area contributed by atoms with Crippen LogP contribution in [0.4, 0.5) is 0 Å². The van der Waals surface area contributed by atoms with Crippen molar-refractivity contribution in [3.63, 3.8) is 0 Å². The second kappa shape index (κ2) is 6.27. The number of carbonyl (C=O) groups is 1. The third-order valence-electron chi connectivity index (χ3n) is 5.05. The average Bonchev–Trinajstić information content (AvgIpc) is 3.23. The van der Waals surface area contributed by atoms with Crippen molar-refractivity contribution in [1.82, 2.24) is 15.5 Å². The van der Waals surface area contributed by atoms with Crippen LogP contribution >= 0.6 is 0 Å². The number of nitrogens with one attached hydrogen (secondary N) is 2. The summed E-state index contributed by atoms with van der Waals surface area (Å²) in [6.07, 6.45) is 0. The zero-order chi connectivity index (χ0) is 19.2. The monoisotopic (exact) mass is 361 g/mol. The summed E-state index contributed by atoms with van der Waals surface area (Å²) < 4.78 is 5.33. The number of methoxy groups -OCH3 is 1. The topological polar surface area (TPSA) is 67.0 Å². The maximum atomic E-state index is 12.4. The van der Waals surface area contributed by atoms with Crippen molar-refractivity contribution in [3.05, 3.63) is 70.9 Å². The Morgan fingerprint density at radius 1 is 1.07 bits per heavy atom. The van der Waals surface area contributed by atoms with Crippen LogP contribution in [0.1, 0.15) is 54.0 Å². The van der Waals surface area contributed by atoms with E-state index >= 15 is 0 Å². The minimum Gasteiger partial charge on any atom is -0.497 e. The summed E-state index contributed by atoms with van der Waals surface area (Å²) in [4.78, 5) is 12.4. The second-order valence-corrected chi connectivity index (χ2v) is 7.87. The average molecular weight is 361 g/mol. The highest BCUT2D eigenvalue weighted by molar-refractivity contribution is 6.00. The number of hydrogen-bond acceptors (Lipinski definition) is 3. The van der Waals surface area contributed by atoms with Crippen LogP contribution in [-0.4, -0.2) is 23.2 Å². The van der Waals surface area contributed by atoms with Crippen LogP contribution in [0.2, 0.25) is 0 Å². The molecule has 4 rings (SSSR count). The highest BCUT2D eigenvalue weighted by Gasteiger charge is 2.35. The minimum absolute atomic E-state index is 0.0873. The Labute approximate surface area is 158 Å². The smallest absolute Gasteiger partial charge is 0.270 e. The number of ether oxygens (including phenoxy) is 1. The lowest BCUT2D eigenvalue weighted by atomic mass is 9.86. The van der Waals surface area contributed by atoms with E-state index in [1.807, 2.05) is 24.3 Å². The standard InChI is InChI=1S/C22H23N3O2/c1-22(2,3)15-10-8-13(9-11-15)18-17-19(24-25-20(17)21(26)23-18)14-6-5-7-16(12-14)27-4/h5-12,18H,1-4H3,(H,23,26)(H,24,25). The van der Waals surface area contributed by atoms with Crippen molar-refractivity contribution >= 4 is 5.91 Å². The summed E-state index contributed by atoms with van der Waals surface area (Å²) in [6.45, 7) is 6.57. The molecule has 1 aliphatic heterocycles. The number of H-pyrrole nitrogens is 1. The van der Waals surface area contributed by atoms with E-state index in [2.05, 4.69) is 60.6 Å². The van der Waals surface area contributed by atoms with Crippen molar-refractivity contribution in [3.8, 4) is 17.0 Å². The molecule has 0 fully saturated rings. The van der Waals surface area contributed by atoms with Gasteiger partial charge in [0.1, 0.15) is 11.4 Å². The molecule has 0 radical (unpaired) electrons. The Balaban J connectivity index is 1.77. The van der Waals surface area contributed by atoms with Gasteiger partial charge in [-0.3, -0.25) is 9.89 Å². The van der Waals surface area contributed by atoms with E-state index in [1.54, 1.807) is 7.11 Å². The Morgan fingerprint density at radius 3 is 2.48 bits per heavy atom. The number of nitrogens with zero attached hydrogens (tertiary/aromatic N) is 1. The first-order valence-corrected chi connectivity index (χ1v) is 9.02. The van der Waals surface area contributed by atoms with E-state index in [9.17, 15) is 4.79 Å². The van der Waals surface area contributed by atoms with Crippen molar-refractivity contribution < 1.29 is 9.53 Å². The molecule has 0 spiro atoms. The van der Waals surface area contributed by atoms with Crippen LogP contribution in [0.3, 0.4) is 0 Å². The first kappa shape index (κ1) is 17.3. The third-order valence-corrected chi connectivity index (χ3v) is 5.05. The molecule has 1 aromatic heterocycles. The van der Waals surface area contributed by atoms with Gasteiger partial charge in [0, 0.05) is 11.1 Å².